The number of carbonyl (C=O) groups excluding carboxylic acids is 3. The molecule has 2 saturated heterocycles. The number of carbonyl (C=O) groups is 3. The van der Waals surface area contributed by atoms with Crippen molar-refractivity contribution < 1.29 is 19.5 Å². The molecule has 1 saturated carbocycles. The third-order valence-corrected chi connectivity index (χ3v) is 11.9. The van der Waals surface area contributed by atoms with Crippen LogP contribution in [0.4, 0.5) is 5.69 Å². The van der Waals surface area contributed by atoms with Crippen molar-refractivity contribution in [3.63, 3.8) is 0 Å². The molecule has 4 aliphatic heterocycles. The number of anilines is 1. The largest absolute Gasteiger partial charge is 0.394 e. The molecule has 7 nitrogen and oxygen atoms in total. The molecule has 7 rings (SSSR count). The SMILES string of the molecule is O=C1[C@@H]2[C@H]3C(=O)N([C@@H](CO)Cc4ccccc4)C4C(=O)N(C5CCCCC5)CC=C[C@@]43S[C@@H]2C=CCN1c1ccccc1. The van der Waals surface area contributed by atoms with E-state index in [-0.39, 0.29) is 35.6 Å². The topological polar surface area (TPSA) is 81.2 Å². The minimum atomic E-state index is -0.892. The Balaban J connectivity index is 1.32. The van der Waals surface area contributed by atoms with Crippen molar-refractivity contribution in [3.05, 3.63) is 90.5 Å². The molecule has 1 spiro atoms. The van der Waals surface area contributed by atoms with Crippen molar-refractivity contribution in [1.29, 1.82) is 0 Å². The van der Waals surface area contributed by atoms with E-state index in [0.717, 1.165) is 36.9 Å². The number of fused-ring (bicyclic) bond motifs is 2. The Morgan fingerprint density at radius 2 is 1.58 bits per heavy atom. The van der Waals surface area contributed by atoms with Gasteiger partial charge in [0.2, 0.25) is 17.7 Å². The average Bonchev–Trinajstić information content (AvgIpc) is 3.36. The molecule has 3 amide bonds. The number of aliphatic hydroxyl groups is 1. The molecule has 2 aromatic rings. The fourth-order valence-electron chi connectivity index (χ4n) is 8.19. The summed E-state index contributed by atoms with van der Waals surface area (Å²) in [6, 6.07) is 18.2. The third-order valence-electron chi connectivity index (χ3n) is 10.1. The fraction of sp³-hybridized carbons (Fsp3) is 0.457. The number of rotatable bonds is 6. The van der Waals surface area contributed by atoms with Crippen LogP contribution >= 0.6 is 11.8 Å². The van der Waals surface area contributed by atoms with Gasteiger partial charge >= 0.3 is 0 Å². The standard InChI is InChI=1S/C35H39N3O4S/c39-23-27(22-24-12-4-1-5-13-24)38-31-34(42)37(26-16-8-3-9-17-26)21-11-19-35(31)30(33(38)41)29-28(43-35)18-10-20-36(32(29)40)25-14-6-2-7-15-25/h1-2,4-7,10-15,18-19,26-31,39H,3,8-9,16-17,20-23H2/t27-,28-,29+,30+,31?,35+/m1/s1. The van der Waals surface area contributed by atoms with Crippen molar-refractivity contribution in [3.8, 4) is 0 Å². The summed E-state index contributed by atoms with van der Waals surface area (Å²) in [6.45, 7) is 0.687. The first-order valence-corrected chi connectivity index (χ1v) is 16.6. The van der Waals surface area contributed by atoms with E-state index < -0.39 is 28.7 Å². The van der Waals surface area contributed by atoms with E-state index in [1.165, 1.54) is 6.42 Å². The van der Waals surface area contributed by atoms with Crippen LogP contribution in [0.3, 0.4) is 0 Å². The minimum Gasteiger partial charge on any atom is -0.394 e. The summed E-state index contributed by atoms with van der Waals surface area (Å²) in [7, 11) is 0. The van der Waals surface area contributed by atoms with Crippen molar-refractivity contribution in [2.24, 2.45) is 11.8 Å². The molecule has 0 bridgehead atoms. The summed E-state index contributed by atoms with van der Waals surface area (Å²) in [5.41, 5.74) is 1.80. The minimum absolute atomic E-state index is 0.0421. The van der Waals surface area contributed by atoms with Crippen LogP contribution in [0.15, 0.2) is 85.0 Å². The summed E-state index contributed by atoms with van der Waals surface area (Å²) >= 11 is 1.61. The molecule has 4 heterocycles. The number of thioether (sulfide) groups is 1. The van der Waals surface area contributed by atoms with Crippen molar-refractivity contribution in [2.75, 3.05) is 24.6 Å². The smallest absolute Gasteiger partial charge is 0.247 e. The number of likely N-dealkylation sites (tertiary alicyclic amines) is 1. The number of aliphatic hydroxyl groups excluding tert-OH is 1. The summed E-state index contributed by atoms with van der Waals surface area (Å²) < 4.78 is -0.892. The highest BCUT2D eigenvalue weighted by Crippen LogP contribution is 2.61. The summed E-state index contributed by atoms with van der Waals surface area (Å²) in [5.74, 6) is -1.63. The Bertz CT molecular complexity index is 1430. The Labute approximate surface area is 257 Å². The van der Waals surface area contributed by atoms with E-state index in [1.54, 1.807) is 21.6 Å². The van der Waals surface area contributed by atoms with E-state index in [1.807, 2.05) is 71.6 Å². The molecule has 5 aliphatic rings. The van der Waals surface area contributed by atoms with Gasteiger partial charge in [-0.15, -0.1) is 11.8 Å². The molecule has 43 heavy (non-hydrogen) atoms. The molecule has 224 valence electrons. The number of para-hydroxylation sites is 1. The van der Waals surface area contributed by atoms with Gasteiger partial charge in [-0.1, -0.05) is 92.1 Å². The average molecular weight is 598 g/mol. The lowest BCUT2D eigenvalue weighted by molar-refractivity contribution is -0.147. The second-order valence-corrected chi connectivity index (χ2v) is 14.0. The first kappa shape index (κ1) is 28.4. The molecule has 1 unspecified atom stereocenters. The maximum Gasteiger partial charge on any atom is 0.247 e. The molecule has 6 atom stereocenters. The number of hydrogen-bond donors (Lipinski definition) is 1. The van der Waals surface area contributed by atoms with E-state index in [4.69, 9.17) is 0 Å². The van der Waals surface area contributed by atoms with Crippen LogP contribution in [-0.4, -0.2) is 80.4 Å². The summed E-state index contributed by atoms with van der Waals surface area (Å²) in [4.78, 5) is 49.6. The highest BCUT2D eigenvalue weighted by molar-refractivity contribution is 8.02. The van der Waals surface area contributed by atoms with E-state index in [2.05, 4.69) is 18.2 Å². The lowest BCUT2D eigenvalue weighted by Crippen LogP contribution is -2.58. The third kappa shape index (κ3) is 4.74. The van der Waals surface area contributed by atoms with Crippen LogP contribution in [0, 0.1) is 11.8 Å². The predicted molar refractivity (Wildman–Crippen MR) is 168 cm³/mol. The van der Waals surface area contributed by atoms with E-state index >= 15 is 0 Å². The van der Waals surface area contributed by atoms with Crippen LogP contribution in [-0.2, 0) is 20.8 Å². The summed E-state index contributed by atoms with van der Waals surface area (Å²) in [5, 5.41) is 10.6. The van der Waals surface area contributed by atoms with E-state index in [0.29, 0.717) is 19.5 Å². The van der Waals surface area contributed by atoms with Gasteiger partial charge in [0.1, 0.15) is 6.04 Å². The van der Waals surface area contributed by atoms with Crippen LogP contribution in [0.1, 0.15) is 37.7 Å². The van der Waals surface area contributed by atoms with Gasteiger partial charge in [-0.3, -0.25) is 14.4 Å². The number of amides is 3. The molecular weight excluding hydrogens is 558 g/mol. The Morgan fingerprint density at radius 1 is 0.860 bits per heavy atom. The van der Waals surface area contributed by atoms with Gasteiger partial charge in [-0.25, -0.2) is 0 Å². The van der Waals surface area contributed by atoms with Gasteiger partial charge in [0.25, 0.3) is 0 Å². The van der Waals surface area contributed by atoms with Gasteiger partial charge in [0, 0.05) is 30.1 Å². The zero-order valence-corrected chi connectivity index (χ0v) is 25.1. The van der Waals surface area contributed by atoms with Crippen LogP contribution < -0.4 is 4.90 Å². The first-order valence-electron chi connectivity index (χ1n) is 15.7. The molecule has 1 N–H and O–H groups in total. The number of nitrogens with zero attached hydrogens (tertiary/aromatic N) is 3. The summed E-state index contributed by atoms with van der Waals surface area (Å²) in [6.07, 6.45) is 14.0. The van der Waals surface area contributed by atoms with Crippen LogP contribution in [0.25, 0.3) is 0 Å². The lowest BCUT2D eigenvalue weighted by atomic mass is 9.78. The first-order chi connectivity index (χ1) is 21.0. The molecule has 8 heteroatoms. The molecule has 3 fully saturated rings. The van der Waals surface area contributed by atoms with E-state index in [9.17, 15) is 19.5 Å². The highest BCUT2D eigenvalue weighted by Gasteiger charge is 2.72. The molecule has 0 radical (unpaired) electrons. The van der Waals surface area contributed by atoms with Gasteiger partial charge in [-0.05, 0) is 37.0 Å². The molecule has 2 aromatic carbocycles. The molecule has 1 aliphatic carbocycles. The second-order valence-electron chi connectivity index (χ2n) is 12.5. The zero-order chi connectivity index (χ0) is 29.6. The molecule has 0 aromatic heterocycles. The van der Waals surface area contributed by atoms with Crippen molar-refractivity contribution in [2.45, 2.75) is 66.6 Å². The number of hydrogen-bond acceptors (Lipinski definition) is 5. The predicted octanol–water partition coefficient (Wildman–Crippen LogP) is 4.22. The zero-order valence-electron chi connectivity index (χ0n) is 24.3. The Hall–Kier alpha value is -3.36. The van der Waals surface area contributed by atoms with Crippen molar-refractivity contribution in [1.82, 2.24) is 9.80 Å². The molecular formula is C35H39N3O4S. The second kappa shape index (κ2) is 11.6. The van der Waals surface area contributed by atoms with Gasteiger partial charge in [0.05, 0.1) is 29.2 Å². The van der Waals surface area contributed by atoms with Gasteiger partial charge in [-0.2, -0.15) is 0 Å². The van der Waals surface area contributed by atoms with Crippen LogP contribution in [0.5, 0.6) is 0 Å². The van der Waals surface area contributed by atoms with Crippen molar-refractivity contribution >= 4 is 35.2 Å². The maximum absolute atomic E-state index is 14.8. The van der Waals surface area contributed by atoms with Gasteiger partial charge in [0.15, 0.2) is 0 Å². The fourth-order valence-corrected chi connectivity index (χ4v) is 10.2. The Kier molecular flexibility index (Phi) is 7.68. The number of benzene rings is 2. The quantitative estimate of drug-likeness (QED) is 0.505. The maximum atomic E-state index is 14.8. The Morgan fingerprint density at radius 3 is 2.30 bits per heavy atom. The normalized spacial score (nSPS) is 31.5. The lowest BCUT2D eigenvalue weighted by Gasteiger charge is -2.41. The van der Waals surface area contributed by atoms with Crippen LogP contribution in [0.2, 0.25) is 0 Å². The highest BCUT2D eigenvalue weighted by atomic mass is 32.2. The monoisotopic (exact) mass is 597 g/mol. The van der Waals surface area contributed by atoms with Gasteiger partial charge < -0.3 is 19.8 Å².